The number of thiophene rings is 1. The van der Waals surface area contributed by atoms with Crippen LogP contribution in [0.5, 0.6) is 0 Å². The zero-order valence-corrected chi connectivity index (χ0v) is 22.9. The van der Waals surface area contributed by atoms with Gasteiger partial charge in [0.2, 0.25) is 5.95 Å². The van der Waals surface area contributed by atoms with Gasteiger partial charge in [0.1, 0.15) is 0 Å². The van der Waals surface area contributed by atoms with Crippen molar-refractivity contribution in [3.05, 3.63) is 69.5 Å². The number of anilines is 1. The number of likely N-dealkylation sites (N-methyl/N-ethyl adjacent to an activating group) is 2. The van der Waals surface area contributed by atoms with Crippen LogP contribution >= 0.6 is 22.9 Å². The Hall–Kier alpha value is -3.27. The van der Waals surface area contributed by atoms with E-state index in [1.165, 1.54) is 11.3 Å². The lowest BCUT2D eigenvalue weighted by atomic mass is 10.1. The van der Waals surface area contributed by atoms with Crippen molar-refractivity contribution >= 4 is 46.8 Å². The van der Waals surface area contributed by atoms with Gasteiger partial charge in [0, 0.05) is 63.0 Å². The normalized spacial score (nSPS) is 14.3. The first-order valence-electron chi connectivity index (χ1n) is 12.1. The molecule has 10 heteroatoms. The first kappa shape index (κ1) is 26.8. The molecule has 0 N–H and O–H groups in total. The highest BCUT2D eigenvalue weighted by Crippen LogP contribution is 2.23. The minimum Gasteiger partial charge on any atom is -0.343 e. The van der Waals surface area contributed by atoms with Crippen molar-refractivity contribution in [3.63, 3.8) is 0 Å². The zero-order chi connectivity index (χ0) is 26.4. The number of nitrogens with zero attached hydrogens (tertiary/aromatic N) is 6. The Balaban J connectivity index is 1.33. The first-order valence-corrected chi connectivity index (χ1v) is 13.3. The number of carbonyl (C=O) groups excluding carboxylic acids is 2. The molecule has 3 aromatic rings. The molecule has 0 atom stereocenters. The zero-order valence-electron chi connectivity index (χ0n) is 21.3. The second kappa shape index (κ2) is 12.3. The third kappa shape index (κ3) is 7.15. The Morgan fingerprint density at radius 2 is 1.70 bits per heavy atom. The number of rotatable bonds is 10. The maximum absolute atomic E-state index is 12.7. The van der Waals surface area contributed by atoms with Crippen LogP contribution in [0.1, 0.15) is 10.4 Å². The maximum atomic E-state index is 12.7. The molecule has 0 unspecified atom stereocenters. The molecule has 0 spiro atoms. The quantitative estimate of drug-likeness (QED) is 0.366. The molecule has 1 fully saturated rings. The maximum Gasteiger partial charge on any atom is 0.312 e. The summed E-state index contributed by atoms with van der Waals surface area (Å²) >= 11 is 7.42. The SMILES string of the molecule is CN(C)CCN(C)c1nccc(-c2ccc(CN3CCN(CC=Cc4ccc(Cl)s4)C(=O)C3=O)cc2)n1. The Bertz CT molecular complexity index is 1260. The van der Waals surface area contributed by atoms with Crippen LogP contribution in [0.2, 0.25) is 4.34 Å². The van der Waals surface area contributed by atoms with E-state index >= 15 is 0 Å². The minimum atomic E-state index is -0.469. The van der Waals surface area contributed by atoms with Crippen LogP contribution in [0.3, 0.4) is 0 Å². The third-order valence-electron chi connectivity index (χ3n) is 6.09. The topological polar surface area (TPSA) is 72.9 Å². The van der Waals surface area contributed by atoms with E-state index in [4.69, 9.17) is 16.6 Å². The summed E-state index contributed by atoms with van der Waals surface area (Å²) in [7, 11) is 6.07. The van der Waals surface area contributed by atoms with Gasteiger partial charge in [0.25, 0.3) is 0 Å². The number of carbonyl (C=O) groups is 2. The fraction of sp³-hybridized carbons (Fsp3) is 0.333. The van der Waals surface area contributed by atoms with Crippen molar-refractivity contribution < 1.29 is 9.59 Å². The highest BCUT2D eigenvalue weighted by molar-refractivity contribution is 7.16. The van der Waals surface area contributed by atoms with Gasteiger partial charge in [-0.05, 0) is 43.9 Å². The van der Waals surface area contributed by atoms with Gasteiger partial charge in [-0.3, -0.25) is 9.59 Å². The summed E-state index contributed by atoms with van der Waals surface area (Å²) in [4.78, 5) is 42.9. The summed E-state index contributed by atoms with van der Waals surface area (Å²) in [5, 5.41) is 0. The lowest BCUT2D eigenvalue weighted by Crippen LogP contribution is -2.53. The van der Waals surface area contributed by atoms with Gasteiger partial charge >= 0.3 is 11.8 Å². The number of aromatic nitrogens is 2. The lowest BCUT2D eigenvalue weighted by molar-refractivity contribution is -0.156. The molecule has 0 bridgehead atoms. The number of benzene rings is 1. The van der Waals surface area contributed by atoms with Crippen molar-refractivity contribution in [3.8, 4) is 11.3 Å². The second-order valence-corrected chi connectivity index (χ2v) is 10.9. The Labute approximate surface area is 226 Å². The molecule has 3 heterocycles. The Morgan fingerprint density at radius 3 is 2.41 bits per heavy atom. The van der Waals surface area contributed by atoms with Gasteiger partial charge in [0.05, 0.1) is 10.0 Å². The average molecular weight is 539 g/mol. The number of piperazine rings is 1. The van der Waals surface area contributed by atoms with Crippen molar-refractivity contribution in [2.24, 2.45) is 0 Å². The molecule has 1 aromatic carbocycles. The van der Waals surface area contributed by atoms with E-state index in [1.807, 2.05) is 80.7 Å². The van der Waals surface area contributed by atoms with Crippen molar-refractivity contribution in [2.45, 2.75) is 6.54 Å². The standard InChI is InChI=1S/C27H31ClN6O2S/c1-31(2)15-16-32(3)27-29-13-12-23(30-27)21-8-6-20(7-9-21)19-34-18-17-33(25(35)26(34)36)14-4-5-22-10-11-24(28)37-22/h4-13H,14-19H2,1-3H3. The smallest absolute Gasteiger partial charge is 0.312 e. The molecule has 8 nitrogen and oxygen atoms in total. The molecule has 1 aliphatic heterocycles. The highest BCUT2D eigenvalue weighted by Gasteiger charge is 2.31. The number of hydrogen-bond acceptors (Lipinski definition) is 7. The van der Waals surface area contributed by atoms with Crippen molar-refractivity contribution in [1.29, 1.82) is 0 Å². The predicted octanol–water partition coefficient (Wildman–Crippen LogP) is 3.74. The van der Waals surface area contributed by atoms with Gasteiger partial charge in [-0.1, -0.05) is 41.9 Å². The summed E-state index contributed by atoms with van der Waals surface area (Å²) < 4.78 is 0.720. The molecular weight excluding hydrogens is 508 g/mol. The molecule has 2 amide bonds. The van der Waals surface area contributed by atoms with Gasteiger partial charge < -0.3 is 19.6 Å². The molecule has 2 aromatic heterocycles. The first-order chi connectivity index (χ1) is 17.8. The second-order valence-electron chi connectivity index (χ2n) is 9.19. The van der Waals surface area contributed by atoms with Crippen LogP contribution in [0.15, 0.2) is 54.7 Å². The van der Waals surface area contributed by atoms with Crippen LogP contribution in [-0.2, 0) is 16.1 Å². The minimum absolute atomic E-state index is 0.393. The van der Waals surface area contributed by atoms with Crippen molar-refractivity contribution in [2.75, 3.05) is 58.8 Å². The third-order valence-corrected chi connectivity index (χ3v) is 7.29. The lowest BCUT2D eigenvalue weighted by Gasteiger charge is -2.33. The van der Waals surface area contributed by atoms with Crippen LogP contribution in [0.4, 0.5) is 5.95 Å². The van der Waals surface area contributed by atoms with E-state index in [2.05, 4.69) is 9.88 Å². The van der Waals surface area contributed by atoms with Crippen LogP contribution in [0, 0.1) is 0 Å². The molecule has 0 saturated carbocycles. The summed E-state index contributed by atoms with van der Waals surface area (Å²) in [6.45, 7) is 3.53. The summed E-state index contributed by atoms with van der Waals surface area (Å²) in [5.41, 5.74) is 2.77. The van der Waals surface area contributed by atoms with Gasteiger partial charge in [-0.2, -0.15) is 0 Å². The molecule has 0 aliphatic carbocycles. The number of halogens is 1. The number of amides is 2. The van der Waals surface area contributed by atoms with E-state index in [0.29, 0.717) is 32.1 Å². The van der Waals surface area contributed by atoms with Crippen LogP contribution in [-0.4, -0.2) is 90.3 Å². The molecule has 0 radical (unpaired) electrons. The predicted molar refractivity (Wildman–Crippen MR) is 150 cm³/mol. The van der Waals surface area contributed by atoms with E-state index in [1.54, 1.807) is 16.0 Å². The molecule has 194 valence electrons. The largest absolute Gasteiger partial charge is 0.343 e. The molecular formula is C27H31ClN6O2S. The average Bonchev–Trinajstić information content (AvgIpc) is 3.32. The van der Waals surface area contributed by atoms with Crippen LogP contribution in [0.25, 0.3) is 17.3 Å². The van der Waals surface area contributed by atoms with E-state index < -0.39 is 11.8 Å². The Kier molecular flexibility index (Phi) is 8.91. The van der Waals surface area contributed by atoms with E-state index in [9.17, 15) is 9.59 Å². The number of hydrogen-bond donors (Lipinski definition) is 0. The van der Waals surface area contributed by atoms with Gasteiger partial charge in [0.15, 0.2) is 0 Å². The van der Waals surface area contributed by atoms with Gasteiger partial charge in [-0.15, -0.1) is 11.3 Å². The fourth-order valence-electron chi connectivity index (χ4n) is 3.90. The molecule has 1 saturated heterocycles. The Morgan fingerprint density at radius 1 is 0.973 bits per heavy atom. The fourth-order valence-corrected chi connectivity index (χ4v) is 4.89. The molecule has 1 aliphatic rings. The molecule has 4 rings (SSSR count). The van der Waals surface area contributed by atoms with Crippen LogP contribution < -0.4 is 4.90 Å². The summed E-state index contributed by atoms with van der Waals surface area (Å²) in [6.07, 6.45) is 5.58. The monoisotopic (exact) mass is 538 g/mol. The summed E-state index contributed by atoms with van der Waals surface area (Å²) in [5.74, 6) is -0.257. The van der Waals surface area contributed by atoms with Gasteiger partial charge in [-0.25, -0.2) is 9.97 Å². The van der Waals surface area contributed by atoms with E-state index in [0.717, 1.165) is 39.1 Å². The summed E-state index contributed by atoms with van der Waals surface area (Å²) in [6, 6.07) is 13.6. The van der Waals surface area contributed by atoms with Crippen molar-refractivity contribution in [1.82, 2.24) is 24.7 Å². The highest BCUT2D eigenvalue weighted by atomic mass is 35.5. The van der Waals surface area contributed by atoms with E-state index in [-0.39, 0.29) is 0 Å². The molecule has 37 heavy (non-hydrogen) atoms.